The smallest absolute Gasteiger partial charge is 0.147 e. The van der Waals surface area contributed by atoms with Crippen molar-refractivity contribution in [3.8, 4) is 11.1 Å². The summed E-state index contributed by atoms with van der Waals surface area (Å²) in [4.78, 5) is 10.7. The topological polar surface area (TPSA) is 99.8 Å². The number of nitrogens with two attached hydrogens (primary N) is 1. The van der Waals surface area contributed by atoms with Crippen molar-refractivity contribution in [3.63, 3.8) is 0 Å². The van der Waals surface area contributed by atoms with Crippen molar-refractivity contribution in [2.45, 2.75) is 26.6 Å². The Kier molecular flexibility index (Phi) is 4.07. The molecule has 0 radical (unpaired) electrons. The van der Waals surface area contributed by atoms with Gasteiger partial charge in [-0.05, 0) is 26.0 Å². The van der Waals surface area contributed by atoms with Gasteiger partial charge in [-0.25, -0.2) is 9.20 Å². The lowest BCUT2D eigenvalue weighted by atomic mass is 10.0. The van der Waals surface area contributed by atoms with Gasteiger partial charge in [0.15, 0.2) is 0 Å². The Bertz CT molecular complexity index is 838. The van der Waals surface area contributed by atoms with E-state index in [0.29, 0.717) is 12.4 Å². The summed E-state index contributed by atoms with van der Waals surface area (Å²) < 4.78 is 8.91. The Morgan fingerprint density at radius 1 is 1.35 bits per heavy atom. The minimum atomic E-state index is -0.170. The monoisotopic (exact) mass is 314 g/mol. The normalized spacial score (nSPS) is 12.6. The molecule has 0 saturated carbocycles. The third kappa shape index (κ3) is 2.68. The van der Waals surface area contributed by atoms with Crippen molar-refractivity contribution >= 4 is 11.3 Å². The summed E-state index contributed by atoms with van der Waals surface area (Å²) in [6.07, 6.45) is 5.06. The van der Waals surface area contributed by atoms with Crippen molar-refractivity contribution in [1.82, 2.24) is 19.4 Å². The summed E-state index contributed by atoms with van der Waals surface area (Å²) in [7, 11) is 0. The number of rotatable bonds is 6. The van der Waals surface area contributed by atoms with Crippen LogP contribution in [-0.2, 0) is 11.3 Å². The van der Waals surface area contributed by atoms with Crippen molar-refractivity contribution < 1.29 is 4.74 Å². The second-order valence-electron chi connectivity index (χ2n) is 5.15. The van der Waals surface area contributed by atoms with Gasteiger partial charge >= 0.3 is 0 Å². The number of nitrogen functional groups attached to an aromatic ring is 1. The molecule has 8 nitrogen and oxygen atoms in total. The summed E-state index contributed by atoms with van der Waals surface area (Å²) in [5.74, 6) is 0.530. The zero-order valence-electron chi connectivity index (χ0n) is 13.0. The van der Waals surface area contributed by atoms with E-state index in [-0.39, 0.29) is 12.8 Å². The van der Waals surface area contributed by atoms with Crippen LogP contribution in [0.2, 0.25) is 0 Å². The molecular formula is C15H18N6O2. The Labute approximate surface area is 132 Å². The first kappa shape index (κ1) is 15.2. The first-order valence-electron chi connectivity index (χ1n) is 7.36. The molecule has 0 amide bonds. The SMILES string of the molecule is CCOC(C)n1cc(-c2c(CN=O)cnn3c(N)ccc23)cn1. The molecule has 8 heteroatoms. The van der Waals surface area contributed by atoms with Crippen LogP contribution in [0.15, 0.2) is 35.9 Å². The first-order chi connectivity index (χ1) is 11.2. The Morgan fingerprint density at radius 2 is 2.17 bits per heavy atom. The molecular weight excluding hydrogens is 296 g/mol. The fourth-order valence-electron chi connectivity index (χ4n) is 2.63. The predicted molar refractivity (Wildman–Crippen MR) is 86.7 cm³/mol. The van der Waals surface area contributed by atoms with Gasteiger partial charge in [-0.15, -0.1) is 0 Å². The second-order valence-corrected chi connectivity index (χ2v) is 5.15. The minimum Gasteiger partial charge on any atom is -0.384 e. The minimum absolute atomic E-state index is 0.0378. The second kappa shape index (κ2) is 6.17. The number of hydrogen-bond acceptors (Lipinski definition) is 6. The van der Waals surface area contributed by atoms with Crippen LogP contribution in [0.1, 0.15) is 25.6 Å². The van der Waals surface area contributed by atoms with Gasteiger partial charge in [-0.2, -0.15) is 15.1 Å². The average molecular weight is 314 g/mol. The average Bonchev–Trinajstić information content (AvgIpc) is 3.15. The summed E-state index contributed by atoms with van der Waals surface area (Å²) in [6.45, 7) is 4.50. The van der Waals surface area contributed by atoms with E-state index in [9.17, 15) is 4.91 Å². The maximum Gasteiger partial charge on any atom is 0.147 e. The van der Waals surface area contributed by atoms with Crippen molar-refractivity contribution in [1.29, 1.82) is 0 Å². The number of nitrogens with zero attached hydrogens (tertiary/aromatic N) is 5. The molecule has 1 unspecified atom stereocenters. The zero-order chi connectivity index (χ0) is 16.4. The molecule has 0 aliphatic rings. The molecule has 0 aliphatic heterocycles. The van der Waals surface area contributed by atoms with Crippen LogP contribution >= 0.6 is 0 Å². The van der Waals surface area contributed by atoms with Crippen molar-refractivity contribution in [3.05, 3.63) is 41.2 Å². The fraction of sp³-hybridized carbons (Fsp3) is 0.333. The fourth-order valence-corrected chi connectivity index (χ4v) is 2.63. The molecule has 0 aromatic carbocycles. The van der Waals surface area contributed by atoms with Gasteiger partial charge in [-0.3, -0.25) is 0 Å². The maximum absolute atomic E-state index is 10.7. The first-order valence-corrected chi connectivity index (χ1v) is 7.36. The predicted octanol–water partition coefficient (Wildman–Crippen LogP) is 2.60. The maximum atomic E-state index is 10.7. The molecule has 3 rings (SSSR count). The van der Waals surface area contributed by atoms with Gasteiger partial charge in [0, 0.05) is 29.5 Å². The highest BCUT2D eigenvalue weighted by Gasteiger charge is 2.16. The number of aromatic nitrogens is 4. The third-order valence-electron chi connectivity index (χ3n) is 3.70. The number of ether oxygens (including phenoxy) is 1. The van der Waals surface area contributed by atoms with Gasteiger partial charge in [0.1, 0.15) is 18.6 Å². The summed E-state index contributed by atoms with van der Waals surface area (Å²) >= 11 is 0. The molecule has 0 bridgehead atoms. The lowest BCUT2D eigenvalue weighted by molar-refractivity contribution is 0.0160. The van der Waals surface area contributed by atoms with Crippen molar-refractivity contribution in [2.75, 3.05) is 12.3 Å². The summed E-state index contributed by atoms with van der Waals surface area (Å²) in [5, 5.41) is 11.6. The summed E-state index contributed by atoms with van der Waals surface area (Å²) in [6, 6.07) is 3.65. The van der Waals surface area contributed by atoms with Gasteiger partial charge in [-0.1, -0.05) is 5.18 Å². The zero-order valence-corrected chi connectivity index (χ0v) is 13.0. The van der Waals surface area contributed by atoms with Crippen LogP contribution in [0.25, 0.3) is 16.6 Å². The molecule has 0 fully saturated rings. The Morgan fingerprint density at radius 3 is 2.91 bits per heavy atom. The Balaban J connectivity index is 2.14. The van der Waals surface area contributed by atoms with Gasteiger partial charge < -0.3 is 10.5 Å². The van der Waals surface area contributed by atoms with E-state index in [0.717, 1.165) is 22.2 Å². The largest absolute Gasteiger partial charge is 0.384 e. The van der Waals surface area contributed by atoms with E-state index in [2.05, 4.69) is 15.4 Å². The standard InChI is InChI=1S/C15H18N6O2/c1-3-23-10(2)20-9-12(7-17-20)15-11(8-19-22)6-18-21-13(15)4-5-14(21)16/h4-7,9-10H,3,8,16H2,1-2H3. The highest BCUT2D eigenvalue weighted by molar-refractivity contribution is 5.83. The molecule has 120 valence electrons. The third-order valence-corrected chi connectivity index (χ3v) is 3.70. The Hall–Kier alpha value is -2.74. The van der Waals surface area contributed by atoms with E-state index in [1.54, 1.807) is 27.7 Å². The van der Waals surface area contributed by atoms with Crippen LogP contribution in [0, 0.1) is 4.91 Å². The van der Waals surface area contributed by atoms with Crippen LogP contribution < -0.4 is 5.73 Å². The van der Waals surface area contributed by atoms with E-state index in [1.165, 1.54) is 0 Å². The van der Waals surface area contributed by atoms with E-state index >= 15 is 0 Å². The van der Waals surface area contributed by atoms with Crippen molar-refractivity contribution in [2.24, 2.45) is 5.18 Å². The lowest BCUT2D eigenvalue weighted by Gasteiger charge is -2.11. The number of anilines is 1. The van der Waals surface area contributed by atoms with E-state index in [1.807, 2.05) is 26.1 Å². The molecule has 3 heterocycles. The summed E-state index contributed by atoms with van der Waals surface area (Å²) in [5.41, 5.74) is 9.17. The molecule has 1 atom stereocenters. The highest BCUT2D eigenvalue weighted by atomic mass is 16.5. The van der Waals surface area contributed by atoms with Crippen LogP contribution in [0.4, 0.5) is 5.82 Å². The van der Waals surface area contributed by atoms with Crippen LogP contribution in [-0.4, -0.2) is 26.0 Å². The molecule has 23 heavy (non-hydrogen) atoms. The molecule has 2 N–H and O–H groups in total. The van der Waals surface area contributed by atoms with Crippen LogP contribution in [0.3, 0.4) is 0 Å². The molecule has 0 spiro atoms. The van der Waals surface area contributed by atoms with E-state index in [4.69, 9.17) is 10.5 Å². The number of fused-ring (bicyclic) bond motifs is 1. The molecule has 3 aromatic heterocycles. The van der Waals surface area contributed by atoms with Gasteiger partial charge in [0.2, 0.25) is 0 Å². The van der Waals surface area contributed by atoms with Crippen LogP contribution in [0.5, 0.6) is 0 Å². The van der Waals surface area contributed by atoms with E-state index < -0.39 is 0 Å². The molecule has 3 aromatic rings. The molecule has 0 saturated heterocycles. The molecule has 0 aliphatic carbocycles. The number of hydrogen-bond donors (Lipinski definition) is 1. The highest BCUT2D eigenvalue weighted by Crippen LogP contribution is 2.30. The van der Waals surface area contributed by atoms with Gasteiger partial charge in [0.05, 0.1) is 17.9 Å². The quantitative estimate of drug-likeness (QED) is 0.705. The lowest BCUT2D eigenvalue weighted by Crippen LogP contribution is -2.09. The van der Waals surface area contributed by atoms with Gasteiger partial charge in [0.25, 0.3) is 0 Å². The number of nitroso groups, excluding NO2 is 1.